The molecule has 2 aromatic carbocycles. The zero-order valence-electron chi connectivity index (χ0n) is 12.8. The van der Waals surface area contributed by atoms with Gasteiger partial charge in [-0.15, -0.1) is 0 Å². The molecule has 0 bridgehead atoms. The molecular formula is C19H20N2. The minimum absolute atomic E-state index is 0.878. The lowest BCUT2D eigenvalue weighted by atomic mass is 10.00. The highest BCUT2D eigenvalue weighted by Crippen LogP contribution is 2.23. The monoisotopic (exact) mass is 276 g/mol. The van der Waals surface area contributed by atoms with Crippen LogP contribution < -0.4 is 0 Å². The van der Waals surface area contributed by atoms with Gasteiger partial charge in [0.05, 0.1) is 0 Å². The van der Waals surface area contributed by atoms with Crippen LogP contribution in [0.1, 0.15) is 27.8 Å². The first-order valence-corrected chi connectivity index (χ1v) is 7.25. The van der Waals surface area contributed by atoms with Gasteiger partial charge in [0.1, 0.15) is 0 Å². The smallest absolute Gasteiger partial charge is 0.0490 e. The van der Waals surface area contributed by atoms with Crippen molar-refractivity contribution in [1.29, 1.82) is 5.41 Å². The Kier molecular flexibility index (Phi) is 3.38. The van der Waals surface area contributed by atoms with E-state index in [1.165, 1.54) is 34.0 Å². The van der Waals surface area contributed by atoms with Crippen molar-refractivity contribution in [2.75, 3.05) is 0 Å². The summed E-state index contributed by atoms with van der Waals surface area (Å²) in [6, 6.07) is 12.7. The molecule has 1 N–H and O–H groups in total. The summed E-state index contributed by atoms with van der Waals surface area (Å²) < 4.78 is 2.27. The molecule has 0 aliphatic heterocycles. The van der Waals surface area contributed by atoms with Gasteiger partial charge in [-0.2, -0.15) is 0 Å². The van der Waals surface area contributed by atoms with Crippen LogP contribution in [0, 0.1) is 26.2 Å². The summed E-state index contributed by atoms with van der Waals surface area (Å²) in [6.45, 7) is 7.39. The summed E-state index contributed by atoms with van der Waals surface area (Å²) in [4.78, 5) is 0. The van der Waals surface area contributed by atoms with E-state index in [9.17, 15) is 0 Å². The molecular weight excluding hydrogens is 256 g/mol. The Morgan fingerprint density at radius 3 is 2.43 bits per heavy atom. The van der Waals surface area contributed by atoms with E-state index >= 15 is 0 Å². The maximum absolute atomic E-state index is 7.51. The van der Waals surface area contributed by atoms with E-state index in [2.05, 4.69) is 55.8 Å². The van der Waals surface area contributed by atoms with E-state index in [-0.39, 0.29) is 0 Å². The van der Waals surface area contributed by atoms with Crippen molar-refractivity contribution in [2.24, 2.45) is 0 Å². The van der Waals surface area contributed by atoms with Crippen molar-refractivity contribution in [1.82, 2.24) is 4.57 Å². The normalized spacial score (nSPS) is 11.0. The van der Waals surface area contributed by atoms with Crippen LogP contribution in [0.25, 0.3) is 10.9 Å². The number of fused-ring (bicyclic) bond motifs is 1. The molecule has 3 rings (SSSR count). The molecule has 106 valence electrons. The van der Waals surface area contributed by atoms with E-state index < -0.39 is 0 Å². The molecule has 2 nitrogen and oxygen atoms in total. The molecule has 0 spiro atoms. The molecule has 3 aromatic rings. The predicted molar refractivity (Wildman–Crippen MR) is 89.6 cm³/mol. The number of hydrogen-bond donors (Lipinski definition) is 1. The lowest BCUT2D eigenvalue weighted by molar-refractivity contribution is 0.823. The first-order valence-electron chi connectivity index (χ1n) is 7.25. The Balaban J connectivity index is 2.09. The predicted octanol–water partition coefficient (Wildman–Crippen LogP) is 4.61. The highest BCUT2D eigenvalue weighted by molar-refractivity contribution is 5.97. The Hall–Kier alpha value is -2.35. The number of nitrogens with zero attached hydrogens (tertiary/aromatic N) is 1. The molecule has 0 fully saturated rings. The maximum atomic E-state index is 7.51. The summed E-state index contributed by atoms with van der Waals surface area (Å²) >= 11 is 0. The molecule has 0 atom stereocenters. The SMILES string of the molecule is Cc1cc(C)c(Cn2ccc3c(C=N)cccc32)c(C)c1. The molecule has 1 heterocycles. The first-order chi connectivity index (χ1) is 10.1. The molecule has 0 aliphatic carbocycles. The van der Waals surface area contributed by atoms with Crippen molar-refractivity contribution < 1.29 is 0 Å². The molecule has 0 radical (unpaired) electrons. The van der Waals surface area contributed by atoms with Gasteiger partial charge in [-0.25, -0.2) is 0 Å². The van der Waals surface area contributed by atoms with E-state index in [0.717, 1.165) is 17.5 Å². The van der Waals surface area contributed by atoms with Crippen LogP contribution in [0.15, 0.2) is 42.6 Å². The number of rotatable bonds is 3. The van der Waals surface area contributed by atoms with Crippen molar-refractivity contribution in [2.45, 2.75) is 27.3 Å². The van der Waals surface area contributed by atoms with Crippen LogP contribution >= 0.6 is 0 Å². The Morgan fingerprint density at radius 1 is 1.05 bits per heavy atom. The summed E-state index contributed by atoms with van der Waals surface area (Å²) in [7, 11) is 0. The highest BCUT2D eigenvalue weighted by atomic mass is 15.0. The fourth-order valence-electron chi connectivity index (χ4n) is 3.14. The third-order valence-electron chi connectivity index (χ3n) is 4.17. The largest absolute Gasteiger partial charge is 0.343 e. The minimum atomic E-state index is 0.878. The van der Waals surface area contributed by atoms with E-state index in [0.29, 0.717) is 0 Å². The molecule has 0 amide bonds. The first kappa shape index (κ1) is 13.6. The lowest BCUT2D eigenvalue weighted by Crippen LogP contribution is -2.03. The molecule has 1 aromatic heterocycles. The summed E-state index contributed by atoms with van der Waals surface area (Å²) in [6.07, 6.45) is 3.55. The van der Waals surface area contributed by atoms with Crippen LogP contribution in [-0.4, -0.2) is 10.8 Å². The van der Waals surface area contributed by atoms with Gasteiger partial charge in [-0.05, 0) is 49.6 Å². The number of nitrogens with one attached hydrogen (secondary N) is 1. The van der Waals surface area contributed by atoms with Crippen molar-refractivity contribution in [3.05, 3.63) is 70.4 Å². The molecule has 2 heteroatoms. The summed E-state index contributed by atoms with van der Waals surface area (Å²) in [5, 5.41) is 8.66. The summed E-state index contributed by atoms with van der Waals surface area (Å²) in [5.41, 5.74) is 7.56. The van der Waals surface area contributed by atoms with Crippen LogP contribution in [0.2, 0.25) is 0 Å². The molecule has 0 unspecified atom stereocenters. The zero-order valence-corrected chi connectivity index (χ0v) is 12.8. The molecule has 0 saturated carbocycles. The second-order valence-corrected chi connectivity index (χ2v) is 5.75. The van der Waals surface area contributed by atoms with Gasteiger partial charge < -0.3 is 9.98 Å². The fraction of sp³-hybridized carbons (Fsp3) is 0.211. The fourth-order valence-corrected chi connectivity index (χ4v) is 3.14. The zero-order chi connectivity index (χ0) is 15.0. The third-order valence-corrected chi connectivity index (χ3v) is 4.17. The quantitative estimate of drug-likeness (QED) is 0.677. The van der Waals surface area contributed by atoms with Gasteiger partial charge >= 0.3 is 0 Å². The maximum Gasteiger partial charge on any atom is 0.0490 e. The van der Waals surface area contributed by atoms with Crippen molar-refractivity contribution >= 4 is 17.1 Å². The van der Waals surface area contributed by atoms with Crippen LogP contribution in [0.5, 0.6) is 0 Å². The third kappa shape index (κ3) is 2.38. The molecule has 0 saturated heterocycles. The number of benzene rings is 2. The molecule has 21 heavy (non-hydrogen) atoms. The Morgan fingerprint density at radius 2 is 1.76 bits per heavy atom. The standard InChI is InChI=1S/C19H20N2/c1-13-9-14(2)18(15(3)10-13)12-21-8-7-17-16(11-20)5-4-6-19(17)21/h4-11,20H,12H2,1-3H3. The number of aryl methyl sites for hydroxylation is 3. The van der Waals surface area contributed by atoms with Gasteiger partial charge in [0.25, 0.3) is 0 Å². The van der Waals surface area contributed by atoms with Gasteiger partial charge in [0.15, 0.2) is 0 Å². The second kappa shape index (κ2) is 5.21. The average Bonchev–Trinajstić information content (AvgIpc) is 2.85. The summed E-state index contributed by atoms with van der Waals surface area (Å²) in [5.74, 6) is 0. The second-order valence-electron chi connectivity index (χ2n) is 5.75. The number of hydrogen-bond acceptors (Lipinski definition) is 1. The van der Waals surface area contributed by atoms with Crippen molar-refractivity contribution in [3.8, 4) is 0 Å². The van der Waals surface area contributed by atoms with Crippen molar-refractivity contribution in [3.63, 3.8) is 0 Å². The van der Waals surface area contributed by atoms with Gasteiger partial charge in [-0.3, -0.25) is 0 Å². The van der Waals surface area contributed by atoms with Crippen LogP contribution in [0.4, 0.5) is 0 Å². The van der Waals surface area contributed by atoms with E-state index in [4.69, 9.17) is 5.41 Å². The van der Waals surface area contributed by atoms with Gasteiger partial charge in [-0.1, -0.05) is 29.8 Å². The van der Waals surface area contributed by atoms with Crippen LogP contribution in [-0.2, 0) is 6.54 Å². The van der Waals surface area contributed by atoms with E-state index in [1.807, 2.05) is 12.1 Å². The Bertz CT molecular complexity index is 802. The van der Waals surface area contributed by atoms with Gasteiger partial charge in [0.2, 0.25) is 0 Å². The Labute approximate surface area is 125 Å². The van der Waals surface area contributed by atoms with E-state index in [1.54, 1.807) is 0 Å². The average molecular weight is 276 g/mol. The topological polar surface area (TPSA) is 28.8 Å². The minimum Gasteiger partial charge on any atom is -0.343 e. The van der Waals surface area contributed by atoms with Gasteiger partial charge in [0, 0.05) is 35.4 Å². The lowest BCUT2D eigenvalue weighted by Gasteiger charge is -2.13. The number of aromatic nitrogens is 1. The van der Waals surface area contributed by atoms with Crippen LogP contribution in [0.3, 0.4) is 0 Å². The molecule has 0 aliphatic rings. The highest BCUT2D eigenvalue weighted by Gasteiger charge is 2.08.